The third-order valence-corrected chi connectivity index (χ3v) is 3.27. The van der Waals surface area contributed by atoms with E-state index in [1.165, 1.54) is 12.4 Å². The summed E-state index contributed by atoms with van der Waals surface area (Å²) in [7, 11) is 0. The van der Waals surface area contributed by atoms with Crippen LogP contribution in [-0.2, 0) is 6.54 Å². The fraction of sp³-hybridized carbons (Fsp3) is 0.385. The van der Waals surface area contributed by atoms with Crippen LogP contribution in [0.4, 0.5) is 8.78 Å². The molecule has 0 N–H and O–H groups in total. The molecule has 0 unspecified atom stereocenters. The predicted molar refractivity (Wildman–Crippen MR) is 64.1 cm³/mol. The largest absolute Gasteiger partial charge is 0.346 e. The quantitative estimate of drug-likeness (QED) is 0.780. The Hall–Kier alpha value is -1.98. The van der Waals surface area contributed by atoms with E-state index in [9.17, 15) is 13.6 Å². The summed E-state index contributed by atoms with van der Waals surface area (Å²) in [5, 5.41) is 0. The molecule has 3 rings (SSSR count). The van der Waals surface area contributed by atoms with Crippen molar-refractivity contribution in [3.63, 3.8) is 0 Å². The van der Waals surface area contributed by atoms with Gasteiger partial charge in [0.1, 0.15) is 5.82 Å². The molecule has 0 aliphatic heterocycles. The molecule has 4 nitrogen and oxygen atoms in total. The van der Waals surface area contributed by atoms with Crippen LogP contribution in [0.15, 0.2) is 30.9 Å². The van der Waals surface area contributed by atoms with Crippen LogP contribution in [0.5, 0.6) is 0 Å². The zero-order chi connectivity index (χ0) is 13.4. The summed E-state index contributed by atoms with van der Waals surface area (Å²) in [6, 6.07) is 1.73. The maximum atomic E-state index is 12.7. The molecule has 1 aliphatic rings. The average molecular weight is 265 g/mol. The smallest absolute Gasteiger partial charge is 0.319 e. The highest BCUT2D eigenvalue weighted by atomic mass is 19.3. The normalized spacial score (nSPS) is 15.1. The van der Waals surface area contributed by atoms with E-state index < -0.39 is 6.55 Å². The second-order valence-corrected chi connectivity index (χ2v) is 4.74. The van der Waals surface area contributed by atoms with Crippen molar-refractivity contribution < 1.29 is 13.6 Å². The van der Waals surface area contributed by atoms with Gasteiger partial charge in [0.15, 0.2) is 5.78 Å². The van der Waals surface area contributed by atoms with Crippen LogP contribution in [0.1, 0.15) is 35.6 Å². The van der Waals surface area contributed by atoms with Crippen LogP contribution >= 0.6 is 0 Å². The Bertz CT molecular complexity index is 599. The second kappa shape index (κ2) is 4.60. The summed E-state index contributed by atoms with van der Waals surface area (Å²) in [5.74, 6) is 0.589. The van der Waals surface area contributed by atoms with Gasteiger partial charge in [0.05, 0.1) is 6.54 Å². The first-order valence-electron chi connectivity index (χ1n) is 6.15. The van der Waals surface area contributed by atoms with Gasteiger partial charge in [0, 0.05) is 36.3 Å². The SMILES string of the molecule is O=C(c1ccn(Cc2nccn2C(F)F)c1)C1CC1. The van der Waals surface area contributed by atoms with Gasteiger partial charge in [0.25, 0.3) is 0 Å². The number of alkyl halides is 2. The third-order valence-electron chi connectivity index (χ3n) is 3.27. The van der Waals surface area contributed by atoms with E-state index in [0.29, 0.717) is 5.56 Å². The highest BCUT2D eigenvalue weighted by Crippen LogP contribution is 2.32. The minimum absolute atomic E-state index is 0.149. The van der Waals surface area contributed by atoms with Crippen LogP contribution in [0.25, 0.3) is 0 Å². The molecular formula is C13H13F2N3O. The maximum Gasteiger partial charge on any atom is 0.319 e. The number of ketones is 1. The zero-order valence-electron chi connectivity index (χ0n) is 10.2. The molecule has 0 radical (unpaired) electrons. The molecule has 100 valence electrons. The average Bonchev–Trinajstić information content (AvgIpc) is 2.94. The van der Waals surface area contributed by atoms with E-state index in [1.54, 1.807) is 23.0 Å². The van der Waals surface area contributed by atoms with Gasteiger partial charge >= 0.3 is 6.55 Å². The van der Waals surface area contributed by atoms with Gasteiger partial charge in [-0.3, -0.25) is 9.36 Å². The third kappa shape index (κ3) is 2.43. The van der Waals surface area contributed by atoms with Gasteiger partial charge in [-0.2, -0.15) is 8.78 Å². The van der Waals surface area contributed by atoms with Crippen molar-refractivity contribution in [2.75, 3.05) is 0 Å². The molecule has 1 aliphatic carbocycles. The van der Waals surface area contributed by atoms with Crippen molar-refractivity contribution >= 4 is 5.78 Å². The fourth-order valence-corrected chi connectivity index (χ4v) is 2.07. The maximum absolute atomic E-state index is 12.7. The standard InChI is InChI=1S/C13H13F2N3O/c14-13(15)18-6-4-16-11(18)8-17-5-3-10(7-17)12(19)9-1-2-9/h3-7,9,13H,1-2,8H2. The Morgan fingerprint density at radius 2 is 2.21 bits per heavy atom. The van der Waals surface area contributed by atoms with Crippen LogP contribution in [0, 0.1) is 5.92 Å². The number of hydrogen-bond acceptors (Lipinski definition) is 2. The number of halogens is 2. The number of carbonyl (C=O) groups is 1. The lowest BCUT2D eigenvalue weighted by molar-refractivity contribution is 0.0667. The van der Waals surface area contributed by atoms with E-state index in [-0.39, 0.29) is 24.1 Å². The Kier molecular flexibility index (Phi) is 2.93. The minimum atomic E-state index is -2.60. The predicted octanol–water partition coefficient (Wildman–Crippen LogP) is 2.72. The summed E-state index contributed by atoms with van der Waals surface area (Å²) in [6.45, 7) is -2.37. The van der Waals surface area contributed by atoms with Gasteiger partial charge in [0.2, 0.25) is 0 Å². The molecular weight excluding hydrogens is 252 g/mol. The molecule has 6 heteroatoms. The summed E-state index contributed by atoms with van der Waals surface area (Å²) in [6.07, 6.45) is 7.94. The number of imidazole rings is 1. The van der Waals surface area contributed by atoms with E-state index in [1.807, 2.05) is 0 Å². The van der Waals surface area contributed by atoms with Crippen LogP contribution in [0.3, 0.4) is 0 Å². The van der Waals surface area contributed by atoms with Crippen molar-refractivity contribution in [3.05, 3.63) is 42.2 Å². The number of hydrogen-bond donors (Lipinski definition) is 0. The Balaban J connectivity index is 1.76. The Morgan fingerprint density at radius 3 is 2.89 bits per heavy atom. The summed E-state index contributed by atoms with van der Waals surface area (Å²) < 4.78 is 27.9. The Morgan fingerprint density at radius 1 is 1.42 bits per heavy atom. The molecule has 1 fully saturated rings. The number of Topliss-reactive ketones (excluding diaryl/α,β-unsaturated/α-hetero) is 1. The second-order valence-electron chi connectivity index (χ2n) is 4.74. The lowest BCUT2D eigenvalue weighted by Gasteiger charge is -2.06. The van der Waals surface area contributed by atoms with Crippen LogP contribution in [-0.4, -0.2) is 19.9 Å². The molecule has 1 saturated carbocycles. The molecule has 2 heterocycles. The number of rotatable bonds is 5. The first-order chi connectivity index (χ1) is 9.15. The first-order valence-corrected chi connectivity index (χ1v) is 6.15. The number of aromatic nitrogens is 3. The molecule has 2 aromatic rings. The summed E-state index contributed by atoms with van der Waals surface area (Å²) >= 11 is 0. The molecule has 2 aromatic heterocycles. The van der Waals surface area contributed by atoms with E-state index in [2.05, 4.69) is 4.98 Å². The van der Waals surface area contributed by atoms with E-state index in [4.69, 9.17) is 0 Å². The van der Waals surface area contributed by atoms with Crippen molar-refractivity contribution in [3.8, 4) is 0 Å². The molecule has 19 heavy (non-hydrogen) atoms. The molecule has 0 atom stereocenters. The molecule has 0 saturated heterocycles. The van der Waals surface area contributed by atoms with Gasteiger partial charge in [-0.05, 0) is 18.9 Å². The monoisotopic (exact) mass is 265 g/mol. The van der Waals surface area contributed by atoms with E-state index in [0.717, 1.165) is 17.4 Å². The summed E-state index contributed by atoms with van der Waals surface area (Å²) in [5.41, 5.74) is 0.651. The molecule has 0 aromatic carbocycles. The first kappa shape index (κ1) is 12.1. The number of nitrogens with zero attached hydrogens (tertiary/aromatic N) is 3. The summed E-state index contributed by atoms with van der Waals surface area (Å²) in [4.78, 5) is 15.8. The molecule has 0 spiro atoms. The van der Waals surface area contributed by atoms with Gasteiger partial charge < -0.3 is 4.57 Å². The van der Waals surface area contributed by atoms with Crippen molar-refractivity contribution in [1.29, 1.82) is 0 Å². The topological polar surface area (TPSA) is 39.8 Å². The minimum Gasteiger partial charge on any atom is -0.346 e. The van der Waals surface area contributed by atoms with Crippen LogP contribution < -0.4 is 0 Å². The van der Waals surface area contributed by atoms with Gasteiger partial charge in [-0.1, -0.05) is 0 Å². The highest BCUT2D eigenvalue weighted by molar-refractivity contribution is 5.99. The molecule has 0 amide bonds. The van der Waals surface area contributed by atoms with Crippen molar-refractivity contribution in [2.45, 2.75) is 25.9 Å². The fourth-order valence-electron chi connectivity index (χ4n) is 2.07. The van der Waals surface area contributed by atoms with E-state index >= 15 is 0 Å². The zero-order valence-corrected chi connectivity index (χ0v) is 10.2. The lowest BCUT2D eigenvalue weighted by atomic mass is 10.1. The highest BCUT2D eigenvalue weighted by Gasteiger charge is 2.30. The van der Waals surface area contributed by atoms with Crippen molar-refractivity contribution in [2.24, 2.45) is 5.92 Å². The van der Waals surface area contributed by atoms with Crippen LogP contribution in [0.2, 0.25) is 0 Å². The lowest BCUT2D eigenvalue weighted by Crippen LogP contribution is -2.08. The Labute approximate surface area is 108 Å². The van der Waals surface area contributed by atoms with Gasteiger partial charge in [-0.25, -0.2) is 4.98 Å². The molecule has 0 bridgehead atoms. The van der Waals surface area contributed by atoms with Gasteiger partial charge in [-0.15, -0.1) is 0 Å². The van der Waals surface area contributed by atoms with Crippen molar-refractivity contribution in [1.82, 2.24) is 14.1 Å². The number of carbonyl (C=O) groups excluding carboxylic acids is 1.